The molecule has 0 spiro atoms. The Morgan fingerprint density at radius 1 is 1.64 bits per heavy atom. The van der Waals surface area contributed by atoms with Crippen LogP contribution in [0, 0.1) is 5.92 Å². The number of allylic oxidation sites excluding steroid dienone is 2. The van der Waals surface area contributed by atoms with Gasteiger partial charge in [0, 0.05) is 0 Å². The smallest absolute Gasteiger partial charge is 0.320 e. The van der Waals surface area contributed by atoms with Crippen molar-refractivity contribution in [2.75, 3.05) is 0 Å². The Morgan fingerprint density at radius 3 is 2.82 bits per heavy atom. The molecule has 1 aliphatic rings. The third-order valence-corrected chi connectivity index (χ3v) is 2.10. The van der Waals surface area contributed by atoms with Gasteiger partial charge in [0.25, 0.3) is 0 Å². The lowest BCUT2D eigenvalue weighted by Gasteiger charge is -2.20. The summed E-state index contributed by atoms with van der Waals surface area (Å²) in [6, 6.07) is -0.681. The average Bonchev–Trinajstić information content (AvgIpc) is 2.05. The van der Waals surface area contributed by atoms with E-state index >= 15 is 0 Å². The van der Waals surface area contributed by atoms with Crippen LogP contribution in [-0.4, -0.2) is 17.1 Å². The van der Waals surface area contributed by atoms with E-state index < -0.39 is 12.0 Å². The van der Waals surface area contributed by atoms with E-state index in [0.29, 0.717) is 0 Å². The highest BCUT2D eigenvalue weighted by atomic mass is 16.4. The van der Waals surface area contributed by atoms with Gasteiger partial charge < -0.3 is 10.8 Å². The fraction of sp³-hybridized carbons (Fsp3) is 0.625. The summed E-state index contributed by atoms with van der Waals surface area (Å²) in [5.74, 6) is -0.747. The van der Waals surface area contributed by atoms with Gasteiger partial charge in [0.05, 0.1) is 0 Å². The molecule has 0 aromatic carbocycles. The molecule has 0 bridgehead atoms. The monoisotopic (exact) mass is 155 g/mol. The predicted molar refractivity (Wildman–Crippen MR) is 42.1 cm³/mol. The van der Waals surface area contributed by atoms with Crippen LogP contribution < -0.4 is 5.73 Å². The van der Waals surface area contributed by atoms with Gasteiger partial charge in [0.15, 0.2) is 0 Å². The molecule has 11 heavy (non-hydrogen) atoms. The highest BCUT2D eigenvalue weighted by molar-refractivity contribution is 5.73. The van der Waals surface area contributed by atoms with Crippen molar-refractivity contribution in [1.82, 2.24) is 0 Å². The van der Waals surface area contributed by atoms with Crippen LogP contribution in [0.25, 0.3) is 0 Å². The van der Waals surface area contributed by atoms with Crippen molar-refractivity contribution in [3.63, 3.8) is 0 Å². The van der Waals surface area contributed by atoms with Gasteiger partial charge in [0.2, 0.25) is 0 Å². The van der Waals surface area contributed by atoms with Gasteiger partial charge in [-0.05, 0) is 25.2 Å². The van der Waals surface area contributed by atoms with Crippen molar-refractivity contribution < 1.29 is 9.90 Å². The minimum absolute atomic E-state index is 0.137. The van der Waals surface area contributed by atoms with E-state index in [-0.39, 0.29) is 5.92 Å². The number of carboxylic acids is 1. The number of rotatable bonds is 2. The fourth-order valence-corrected chi connectivity index (χ4v) is 1.34. The summed E-state index contributed by atoms with van der Waals surface area (Å²) in [6.45, 7) is 0. The minimum atomic E-state index is -0.884. The molecule has 0 aromatic rings. The normalized spacial score (nSPS) is 26.5. The van der Waals surface area contributed by atoms with Crippen molar-refractivity contribution in [3.05, 3.63) is 12.2 Å². The van der Waals surface area contributed by atoms with Gasteiger partial charge in [-0.15, -0.1) is 0 Å². The maximum Gasteiger partial charge on any atom is 0.320 e. The molecule has 0 saturated heterocycles. The standard InChI is InChI=1S/C8H13NO2/c9-7(8(10)11)6-4-2-1-3-5-6/h1-2,6-7H,3-5,9H2,(H,10,11)/t6-,7?/m1/s1. The van der Waals surface area contributed by atoms with E-state index in [2.05, 4.69) is 6.08 Å². The second-order valence-electron chi connectivity index (χ2n) is 2.91. The number of hydrogen-bond acceptors (Lipinski definition) is 2. The molecule has 0 aliphatic heterocycles. The molecular formula is C8H13NO2. The van der Waals surface area contributed by atoms with Gasteiger partial charge in [-0.1, -0.05) is 12.2 Å². The summed E-state index contributed by atoms with van der Waals surface area (Å²) in [6.07, 6.45) is 6.77. The third-order valence-electron chi connectivity index (χ3n) is 2.10. The molecule has 0 radical (unpaired) electrons. The molecule has 0 fully saturated rings. The Labute approximate surface area is 65.9 Å². The van der Waals surface area contributed by atoms with Gasteiger partial charge in [0.1, 0.15) is 6.04 Å². The lowest BCUT2D eigenvalue weighted by molar-refractivity contribution is -0.139. The molecule has 2 atom stereocenters. The van der Waals surface area contributed by atoms with Crippen LogP contribution in [0.2, 0.25) is 0 Å². The Bertz CT molecular complexity index is 177. The zero-order valence-corrected chi connectivity index (χ0v) is 6.36. The maximum atomic E-state index is 10.4. The predicted octanol–water partition coefficient (Wildman–Crippen LogP) is 0.755. The topological polar surface area (TPSA) is 63.3 Å². The van der Waals surface area contributed by atoms with E-state index in [9.17, 15) is 4.79 Å². The molecule has 3 heteroatoms. The lowest BCUT2D eigenvalue weighted by atomic mass is 9.88. The van der Waals surface area contributed by atoms with Gasteiger partial charge in [-0.3, -0.25) is 4.79 Å². The summed E-state index contributed by atoms with van der Waals surface area (Å²) in [4.78, 5) is 10.4. The van der Waals surface area contributed by atoms with E-state index in [0.717, 1.165) is 19.3 Å². The molecule has 1 rings (SSSR count). The van der Waals surface area contributed by atoms with Crippen LogP contribution in [0.15, 0.2) is 12.2 Å². The first-order chi connectivity index (χ1) is 5.22. The Balaban J connectivity index is 2.46. The van der Waals surface area contributed by atoms with E-state index in [1.807, 2.05) is 6.08 Å². The summed E-state index contributed by atoms with van der Waals surface area (Å²) in [5.41, 5.74) is 5.46. The lowest BCUT2D eigenvalue weighted by Crippen LogP contribution is -2.38. The first kappa shape index (κ1) is 8.27. The number of carboxylic acid groups (broad SMARTS) is 1. The Hall–Kier alpha value is -0.830. The van der Waals surface area contributed by atoms with E-state index in [1.165, 1.54) is 0 Å². The number of nitrogens with two attached hydrogens (primary N) is 1. The molecule has 0 saturated carbocycles. The molecule has 3 nitrogen and oxygen atoms in total. The van der Waals surface area contributed by atoms with Crippen LogP contribution in [-0.2, 0) is 4.79 Å². The molecule has 3 N–H and O–H groups in total. The zero-order valence-electron chi connectivity index (χ0n) is 6.36. The van der Waals surface area contributed by atoms with Crippen LogP contribution in [0.5, 0.6) is 0 Å². The van der Waals surface area contributed by atoms with E-state index in [4.69, 9.17) is 10.8 Å². The largest absolute Gasteiger partial charge is 0.480 e. The number of carbonyl (C=O) groups is 1. The van der Waals surface area contributed by atoms with Crippen molar-refractivity contribution in [1.29, 1.82) is 0 Å². The van der Waals surface area contributed by atoms with Crippen molar-refractivity contribution >= 4 is 5.97 Å². The minimum Gasteiger partial charge on any atom is -0.480 e. The van der Waals surface area contributed by atoms with Gasteiger partial charge >= 0.3 is 5.97 Å². The molecule has 1 unspecified atom stereocenters. The Kier molecular flexibility index (Phi) is 2.65. The first-order valence-electron chi connectivity index (χ1n) is 3.85. The molecule has 0 heterocycles. The SMILES string of the molecule is NC(C(=O)O)[C@@H]1CC=CCC1. The van der Waals surface area contributed by atoms with Crippen molar-refractivity contribution in [2.24, 2.45) is 11.7 Å². The molecule has 0 aromatic heterocycles. The van der Waals surface area contributed by atoms with Crippen LogP contribution in [0.4, 0.5) is 0 Å². The van der Waals surface area contributed by atoms with Gasteiger partial charge in [-0.25, -0.2) is 0 Å². The summed E-state index contributed by atoms with van der Waals surface area (Å²) < 4.78 is 0. The quantitative estimate of drug-likeness (QED) is 0.578. The number of hydrogen-bond donors (Lipinski definition) is 2. The van der Waals surface area contributed by atoms with Gasteiger partial charge in [-0.2, -0.15) is 0 Å². The zero-order chi connectivity index (χ0) is 8.27. The molecule has 62 valence electrons. The molecule has 1 aliphatic carbocycles. The first-order valence-corrected chi connectivity index (χ1v) is 3.85. The summed E-state index contributed by atoms with van der Waals surface area (Å²) in [7, 11) is 0. The highest BCUT2D eigenvalue weighted by Gasteiger charge is 2.23. The molecular weight excluding hydrogens is 142 g/mol. The highest BCUT2D eigenvalue weighted by Crippen LogP contribution is 2.20. The second-order valence-corrected chi connectivity index (χ2v) is 2.91. The van der Waals surface area contributed by atoms with Crippen LogP contribution in [0.3, 0.4) is 0 Å². The third kappa shape index (κ3) is 2.05. The second kappa shape index (κ2) is 3.53. The fourth-order valence-electron chi connectivity index (χ4n) is 1.34. The van der Waals surface area contributed by atoms with Crippen LogP contribution in [0.1, 0.15) is 19.3 Å². The summed E-state index contributed by atoms with van der Waals surface area (Å²) in [5, 5.41) is 8.59. The van der Waals surface area contributed by atoms with E-state index in [1.54, 1.807) is 0 Å². The summed E-state index contributed by atoms with van der Waals surface area (Å²) >= 11 is 0. The van der Waals surface area contributed by atoms with Crippen molar-refractivity contribution in [2.45, 2.75) is 25.3 Å². The number of aliphatic carboxylic acids is 1. The Morgan fingerprint density at radius 2 is 2.36 bits per heavy atom. The van der Waals surface area contributed by atoms with Crippen molar-refractivity contribution in [3.8, 4) is 0 Å². The molecule has 0 amide bonds. The maximum absolute atomic E-state index is 10.4. The average molecular weight is 155 g/mol. The van der Waals surface area contributed by atoms with Crippen LogP contribution >= 0.6 is 0 Å².